The molecule has 0 heterocycles. The molecular formula is C10H14O2. The summed E-state index contributed by atoms with van der Waals surface area (Å²) < 4.78 is 0. The Morgan fingerprint density at radius 3 is 2.50 bits per heavy atom. The molecule has 2 nitrogen and oxygen atoms in total. The van der Waals surface area contributed by atoms with E-state index in [2.05, 4.69) is 6.08 Å². The first-order chi connectivity index (χ1) is 5.77. The molecule has 66 valence electrons. The lowest BCUT2D eigenvalue weighted by Crippen LogP contribution is -1.84. The number of carboxylic acid groups (broad SMARTS) is 1. The zero-order chi connectivity index (χ0) is 9.23. The first-order valence-corrected chi connectivity index (χ1v) is 3.94. The monoisotopic (exact) mass is 166 g/mol. The van der Waals surface area contributed by atoms with Crippen molar-refractivity contribution in [2.75, 3.05) is 0 Å². The molecule has 12 heavy (non-hydrogen) atoms. The number of hydrogen-bond donors (Lipinski definition) is 1. The minimum atomic E-state index is -0.909. The van der Waals surface area contributed by atoms with E-state index in [1.54, 1.807) is 6.08 Å². The van der Waals surface area contributed by atoms with Crippen LogP contribution in [0.5, 0.6) is 0 Å². The summed E-state index contributed by atoms with van der Waals surface area (Å²) in [5.41, 5.74) is 0. The third-order valence-corrected chi connectivity index (χ3v) is 1.22. The van der Waals surface area contributed by atoms with Crippen molar-refractivity contribution in [1.82, 2.24) is 0 Å². The summed E-state index contributed by atoms with van der Waals surface area (Å²) in [6.45, 7) is 1.98. The second kappa shape index (κ2) is 7.79. The van der Waals surface area contributed by atoms with Gasteiger partial charge in [-0.1, -0.05) is 30.4 Å². The summed E-state index contributed by atoms with van der Waals surface area (Å²) in [5.74, 6) is -0.909. The number of allylic oxidation sites excluding steroid dienone is 5. The molecule has 0 amide bonds. The highest BCUT2D eigenvalue weighted by Crippen LogP contribution is 1.92. The minimum absolute atomic E-state index is 0.909. The van der Waals surface area contributed by atoms with E-state index < -0.39 is 5.97 Å². The third kappa shape index (κ3) is 8.69. The SMILES string of the molecule is C/C=C\CCC=C/C=C/C(=O)O. The van der Waals surface area contributed by atoms with Gasteiger partial charge in [0.25, 0.3) is 0 Å². The van der Waals surface area contributed by atoms with Crippen LogP contribution in [-0.2, 0) is 4.79 Å². The number of carbonyl (C=O) groups is 1. The molecule has 0 aromatic heterocycles. The van der Waals surface area contributed by atoms with Crippen LogP contribution in [-0.4, -0.2) is 11.1 Å². The van der Waals surface area contributed by atoms with E-state index >= 15 is 0 Å². The number of carboxylic acids is 1. The topological polar surface area (TPSA) is 37.3 Å². The Bertz CT molecular complexity index is 200. The highest BCUT2D eigenvalue weighted by molar-refractivity contribution is 5.80. The maximum atomic E-state index is 10.0. The molecule has 0 aromatic rings. The van der Waals surface area contributed by atoms with Gasteiger partial charge in [-0.2, -0.15) is 0 Å². The number of aliphatic carboxylic acids is 1. The lowest BCUT2D eigenvalue weighted by Gasteiger charge is -1.82. The Morgan fingerprint density at radius 1 is 1.25 bits per heavy atom. The smallest absolute Gasteiger partial charge is 0.328 e. The van der Waals surface area contributed by atoms with Crippen LogP contribution in [0, 0.1) is 0 Å². The molecule has 0 aliphatic rings. The van der Waals surface area contributed by atoms with E-state index in [1.165, 1.54) is 6.08 Å². The Kier molecular flexibility index (Phi) is 6.94. The average Bonchev–Trinajstić information content (AvgIpc) is 2.02. The van der Waals surface area contributed by atoms with Crippen LogP contribution in [0.4, 0.5) is 0 Å². The summed E-state index contributed by atoms with van der Waals surface area (Å²) in [5, 5.41) is 8.22. The van der Waals surface area contributed by atoms with E-state index in [0.29, 0.717) is 0 Å². The van der Waals surface area contributed by atoms with Gasteiger partial charge in [-0.3, -0.25) is 0 Å². The van der Waals surface area contributed by atoms with Gasteiger partial charge in [0.05, 0.1) is 0 Å². The Hall–Kier alpha value is -1.31. The van der Waals surface area contributed by atoms with Crippen LogP contribution < -0.4 is 0 Å². The van der Waals surface area contributed by atoms with Crippen molar-refractivity contribution in [3.63, 3.8) is 0 Å². The zero-order valence-corrected chi connectivity index (χ0v) is 7.23. The maximum Gasteiger partial charge on any atom is 0.328 e. The molecule has 0 unspecified atom stereocenters. The summed E-state index contributed by atoms with van der Waals surface area (Å²) in [7, 11) is 0. The lowest BCUT2D eigenvalue weighted by atomic mass is 10.2. The summed E-state index contributed by atoms with van der Waals surface area (Å²) in [6, 6.07) is 0. The van der Waals surface area contributed by atoms with Gasteiger partial charge in [-0.25, -0.2) is 4.79 Å². The van der Waals surface area contributed by atoms with Crippen molar-refractivity contribution in [2.45, 2.75) is 19.8 Å². The second-order valence-electron chi connectivity index (χ2n) is 2.27. The van der Waals surface area contributed by atoms with Crippen LogP contribution in [0.3, 0.4) is 0 Å². The molecule has 0 saturated carbocycles. The van der Waals surface area contributed by atoms with Crippen LogP contribution in [0.15, 0.2) is 36.5 Å². The standard InChI is InChI=1S/C10H14O2/c1-2-3-4-5-6-7-8-9-10(11)12/h2-3,6-9H,4-5H2,1H3,(H,11,12)/b3-2-,7-6?,9-8+. The molecule has 1 N–H and O–H groups in total. The molecule has 0 fully saturated rings. The Balaban J connectivity index is 3.43. The first kappa shape index (κ1) is 10.7. The van der Waals surface area contributed by atoms with Gasteiger partial charge < -0.3 is 5.11 Å². The van der Waals surface area contributed by atoms with Crippen molar-refractivity contribution in [1.29, 1.82) is 0 Å². The molecule has 0 bridgehead atoms. The normalized spacial score (nSPS) is 12.1. The minimum Gasteiger partial charge on any atom is -0.478 e. The molecule has 0 atom stereocenters. The largest absolute Gasteiger partial charge is 0.478 e. The fourth-order valence-electron chi connectivity index (χ4n) is 0.672. The van der Waals surface area contributed by atoms with Gasteiger partial charge in [0.1, 0.15) is 0 Å². The predicted molar refractivity (Wildman–Crippen MR) is 50.0 cm³/mol. The van der Waals surface area contributed by atoms with Crippen LogP contribution >= 0.6 is 0 Å². The quantitative estimate of drug-likeness (QED) is 0.295. The molecule has 0 rings (SSSR count). The summed E-state index contributed by atoms with van der Waals surface area (Å²) in [6.07, 6.45) is 12.4. The molecule has 0 aromatic carbocycles. The fraction of sp³-hybridized carbons (Fsp3) is 0.300. The van der Waals surface area contributed by atoms with E-state index in [0.717, 1.165) is 18.9 Å². The number of rotatable bonds is 5. The highest BCUT2D eigenvalue weighted by atomic mass is 16.4. The number of unbranched alkanes of at least 4 members (excludes halogenated alkanes) is 1. The van der Waals surface area contributed by atoms with Crippen LogP contribution in [0.25, 0.3) is 0 Å². The van der Waals surface area contributed by atoms with Crippen molar-refractivity contribution in [2.24, 2.45) is 0 Å². The summed E-state index contributed by atoms with van der Waals surface area (Å²) >= 11 is 0. The lowest BCUT2D eigenvalue weighted by molar-refractivity contribution is -0.131. The van der Waals surface area contributed by atoms with Gasteiger partial charge in [0.2, 0.25) is 0 Å². The molecule has 0 radical (unpaired) electrons. The molecule has 0 saturated heterocycles. The molecule has 0 spiro atoms. The fourth-order valence-corrected chi connectivity index (χ4v) is 0.672. The van der Waals surface area contributed by atoms with Gasteiger partial charge in [0, 0.05) is 6.08 Å². The zero-order valence-electron chi connectivity index (χ0n) is 7.23. The molecule has 0 aliphatic heterocycles. The molecular weight excluding hydrogens is 152 g/mol. The van der Waals surface area contributed by atoms with Gasteiger partial charge in [-0.15, -0.1) is 0 Å². The van der Waals surface area contributed by atoms with Crippen molar-refractivity contribution in [3.05, 3.63) is 36.5 Å². The van der Waals surface area contributed by atoms with Crippen molar-refractivity contribution in [3.8, 4) is 0 Å². The second-order valence-corrected chi connectivity index (χ2v) is 2.27. The van der Waals surface area contributed by atoms with E-state index in [-0.39, 0.29) is 0 Å². The number of hydrogen-bond acceptors (Lipinski definition) is 1. The Labute approximate surface area is 72.9 Å². The van der Waals surface area contributed by atoms with Gasteiger partial charge >= 0.3 is 5.97 Å². The Morgan fingerprint density at radius 2 is 1.92 bits per heavy atom. The third-order valence-electron chi connectivity index (χ3n) is 1.22. The summed E-state index contributed by atoms with van der Waals surface area (Å²) in [4.78, 5) is 10.0. The van der Waals surface area contributed by atoms with Crippen molar-refractivity contribution >= 4 is 5.97 Å². The van der Waals surface area contributed by atoms with E-state index in [4.69, 9.17) is 5.11 Å². The van der Waals surface area contributed by atoms with Crippen molar-refractivity contribution < 1.29 is 9.90 Å². The highest BCUT2D eigenvalue weighted by Gasteiger charge is 1.80. The van der Waals surface area contributed by atoms with E-state index in [1.807, 2.05) is 19.1 Å². The molecule has 2 heteroatoms. The average molecular weight is 166 g/mol. The van der Waals surface area contributed by atoms with Gasteiger partial charge in [0.15, 0.2) is 0 Å². The van der Waals surface area contributed by atoms with Crippen LogP contribution in [0.1, 0.15) is 19.8 Å². The maximum absolute atomic E-state index is 10.0. The van der Waals surface area contributed by atoms with Crippen LogP contribution in [0.2, 0.25) is 0 Å². The molecule has 0 aliphatic carbocycles. The predicted octanol–water partition coefficient (Wildman–Crippen LogP) is 2.54. The van der Waals surface area contributed by atoms with E-state index in [9.17, 15) is 4.79 Å². The van der Waals surface area contributed by atoms with Gasteiger partial charge in [-0.05, 0) is 19.8 Å². The first-order valence-electron chi connectivity index (χ1n) is 3.94.